The van der Waals surface area contributed by atoms with E-state index in [-0.39, 0.29) is 12.1 Å². The number of hydrogen-bond donors (Lipinski definition) is 2. The lowest BCUT2D eigenvalue weighted by atomic mass is 10.2. The van der Waals surface area contributed by atoms with Crippen LogP contribution in [0.15, 0.2) is 96.0 Å². The molecule has 1 fully saturated rings. The lowest BCUT2D eigenvalue weighted by molar-refractivity contribution is 0.139. The highest BCUT2D eigenvalue weighted by molar-refractivity contribution is 6.15. The predicted octanol–water partition coefficient (Wildman–Crippen LogP) is 4.25. The highest BCUT2D eigenvalue weighted by Crippen LogP contribution is 2.21. The summed E-state index contributed by atoms with van der Waals surface area (Å²) in [5.41, 5.74) is 2.45. The first-order valence-corrected chi connectivity index (χ1v) is 12.4. The Labute approximate surface area is 216 Å². The molecule has 1 amide bonds. The normalized spacial score (nSPS) is 17.5. The SMILES string of the molecule is N=C(OC(=O)Nc1ccccc1)N(C1=NCC(CN2CCN(c3ccccc3)CC2)O1)c1ccccc1. The summed E-state index contributed by atoms with van der Waals surface area (Å²) in [4.78, 5) is 23.2. The van der Waals surface area contributed by atoms with Crippen LogP contribution in [-0.4, -0.2) is 68.4 Å². The van der Waals surface area contributed by atoms with E-state index < -0.39 is 12.1 Å². The van der Waals surface area contributed by atoms with Gasteiger partial charge in [-0.1, -0.05) is 54.6 Å². The molecule has 0 bridgehead atoms. The highest BCUT2D eigenvalue weighted by Gasteiger charge is 2.32. The van der Waals surface area contributed by atoms with Gasteiger partial charge in [-0.3, -0.25) is 15.6 Å². The van der Waals surface area contributed by atoms with E-state index in [0.29, 0.717) is 17.9 Å². The largest absolute Gasteiger partial charge is 0.458 e. The van der Waals surface area contributed by atoms with Gasteiger partial charge in [0.1, 0.15) is 6.10 Å². The molecule has 1 atom stereocenters. The molecule has 3 aromatic rings. The quantitative estimate of drug-likeness (QED) is 0.404. The molecule has 5 rings (SSSR count). The molecular weight excluding hydrogens is 468 g/mol. The van der Waals surface area contributed by atoms with Crippen LogP contribution >= 0.6 is 0 Å². The number of benzene rings is 3. The van der Waals surface area contributed by atoms with Crippen LogP contribution < -0.4 is 15.1 Å². The van der Waals surface area contributed by atoms with E-state index in [4.69, 9.17) is 14.9 Å². The van der Waals surface area contributed by atoms with Crippen LogP contribution in [0.3, 0.4) is 0 Å². The number of piperazine rings is 1. The summed E-state index contributed by atoms with van der Waals surface area (Å²) in [6.45, 7) is 4.99. The minimum absolute atomic E-state index is 0.143. The molecule has 2 N–H and O–H groups in total. The maximum Gasteiger partial charge on any atom is 0.419 e. The Bertz CT molecular complexity index is 1210. The molecule has 2 aliphatic rings. The molecule has 190 valence electrons. The van der Waals surface area contributed by atoms with Crippen LogP contribution in [0.5, 0.6) is 0 Å². The van der Waals surface area contributed by atoms with Gasteiger partial charge in [0.25, 0.3) is 0 Å². The van der Waals surface area contributed by atoms with E-state index in [9.17, 15) is 4.79 Å². The van der Waals surface area contributed by atoms with Crippen molar-refractivity contribution >= 4 is 35.2 Å². The fourth-order valence-electron chi connectivity index (χ4n) is 4.43. The molecule has 9 nitrogen and oxygen atoms in total. The predicted molar refractivity (Wildman–Crippen MR) is 145 cm³/mol. The van der Waals surface area contributed by atoms with Crippen molar-refractivity contribution in [1.82, 2.24) is 4.90 Å². The Kier molecular flexibility index (Phi) is 7.61. The van der Waals surface area contributed by atoms with Crippen molar-refractivity contribution in [2.24, 2.45) is 4.99 Å². The summed E-state index contributed by atoms with van der Waals surface area (Å²) in [7, 11) is 0. The van der Waals surface area contributed by atoms with E-state index >= 15 is 0 Å². The molecule has 1 unspecified atom stereocenters. The topological polar surface area (TPSA) is 93.5 Å². The van der Waals surface area contributed by atoms with Gasteiger partial charge in [0.2, 0.25) is 0 Å². The molecule has 0 aromatic heterocycles. The summed E-state index contributed by atoms with van der Waals surface area (Å²) < 4.78 is 11.5. The van der Waals surface area contributed by atoms with Gasteiger partial charge >= 0.3 is 18.1 Å². The summed E-state index contributed by atoms with van der Waals surface area (Å²) in [5, 5.41) is 11.2. The molecule has 0 spiro atoms. The monoisotopic (exact) mass is 498 g/mol. The number of carbonyl (C=O) groups excluding carboxylic acids is 1. The second-order valence-electron chi connectivity index (χ2n) is 8.84. The third-order valence-electron chi connectivity index (χ3n) is 6.28. The third-order valence-corrected chi connectivity index (χ3v) is 6.28. The zero-order valence-corrected chi connectivity index (χ0v) is 20.5. The maximum atomic E-state index is 12.4. The number of amidine groups is 2. The standard InChI is InChI=1S/C28H30N6O3/c29-26(37-28(35)31-22-10-4-1-5-11-22)34(24-14-8-3-9-15-24)27-30-20-25(36-27)21-32-16-18-33(19-17-32)23-12-6-2-7-13-23/h1-15,25,29H,16-21H2,(H,31,35). The Morgan fingerprint density at radius 2 is 1.57 bits per heavy atom. The second kappa shape index (κ2) is 11.6. The van der Waals surface area contributed by atoms with Crippen molar-refractivity contribution in [3.05, 3.63) is 91.0 Å². The van der Waals surface area contributed by atoms with Gasteiger partial charge in [0.15, 0.2) is 0 Å². The van der Waals surface area contributed by atoms with Crippen LogP contribution in [-0.2, 0) is 9.47 Å². The van der Waals surface area contributed by atoms with Gasteiger partial charge in [0.05, 0.1) is 12.2 Å². The number of ether oxygens (including phenoxy) is 2. The van der Waals surface area contributed by atoms with Gasteiger partial charge in [-0.25, -0.2) is 14.7 Å². The Balaban J connectivity index is 1.18. The molecule has 2 heterocycles. The van der Waals surface area contributed by atoms with Crippen LogP contribution in [0, 0.1) is 5.41 Å². The van der Waals surface area contributed by atoms with Crippen molar-refractivity contribution < 1.29 is 14.3 Å². The zero-order chi connectivity index (χ0) is 25.5. The number of para-hydroxylation sites is 3. The Morgan fingerprint density at radius 3 is 2.24 bits per heavy atom. The van der Waals surface area contributed by atoms with Crippen LogP contribution in [0.1, 0.15) is 0 Å². The van der Waals surface area contributed by atoms with Crippen molar-refractivity contribution in [3.8, 4) is 0 Å². The van der Waals surface area contributed by atoms with E-state index in [1.807, 2.05) is 42.5 Å². The number of amides is 1. The number of carbonyl (C=O) groups is 1. The minimum atomic E-state index is -0.761. The first-order chi connectivity index (χ1) is 18.2. The van der Waals surface area contributed by atoms with E-state index in [1.165, 1.54) is 10.6 Å². The average Bonchev–Trinajstić information content (AvgIpc) is 3.38. The molecular formula is C28H30N6O3. The number of hydrogen-bond acceptors (Lipinski definition) is 7. The molecule has 0 radical (unpaired) electrons. The van der Waals surface area contributed by atoms with Crippen LogP contribution in [0.4, 0.5) is 21.9 Å². The zero-order valence-electron chi connectivity index (χ0n) is 20.5. The van der Waals surface area contributed by atoms with Gasteiger partial charge in [0, 0.05) is 44.1 Å². The minimum Gasteiger partial charge on any atom is -0.458 e. The lowest BCUT2D eigenvalue weighted by Gasteiger charge is -2.37. The van der Waals surface area contributed by atoms with E-state index in [0.717, 1.165) is 32.7 Å². The summed E-state index contributed by atoms with van der Waals surface area (Å²) >= 11 is 0. The molecule has 37 heavy (non-hydrogen) atoms. The van der Waals surface area contributed by atoms with Crippen LogP contribution in [0.25, 0.3) is 0 Å². The van der Waals surface area contributed by atoms with E-state index in [2.05, 4.69) is 44.4 Å². The van der Waals surface area contributed by atoms with Gasteiger partial charge < -0.3 is 14.4 Å². The molecule has 0 aliphatic carbocycles. The molecule has 2 aliphatic heterocycles. The van der Waals surface area contributed by atoms with Crippen molar-refractivity contribution in [2.45, 2.75) is 6.10 Å². The maximum absolute atomic E-state index is 12.4. The number of nitrogens with one attached hydrogen (secondary N) is 2. The van der Waals surface area contributed by atoms with Crippen LogP contribution in [0.2, 0.25) is 0 Å². The van der Waals surface area contributed by atoms with Gasteiger partial charge in [-0.15, -0.1) is 0 Å². The third kappa shape index (κ3) is 6.25. The smallest absolute Gasteiger partial charge is 0.419 e. The summed E-state index contributed by atoms with van der Waals surface area (Å²) in [5.74, 6) is 0. The molecule has 1 saturated heterocycles. The molecule has 3 aromatic carbocycles. The number of rotatable bonds is 5. The summed E-state index contributed by atoms with van der Waals surface area (Å²) in [6.07, 6.45) is -0.904. The van der Waals surface area contributed by atoms with Crippen molar-refractivity contribution in [2.75, 3.05) is 54.4 Å². The fourth-order valence-corrected chi connectivity index (χ4v) is 4.43. The molecule has 0 saturated carbocycles. The lowest BCUT2D eigenvalue weighted by Crippen LogP contribution is -2.49. The van der Waals surface area contributed by atoms with Crippen molar-refractivity contribution in [3.63, 3.8) is 0 Å². The van der Waals surface area contributed by atoms with Gasteiger partial charge in [-0.2, -0.15) is 0 Å². The number of nitrogens with zero attached hydrogens (tertiary/aromatic N) is 4. The average molecular weight is 499 g/mol. The molecule has 9 heteroatoms. The second-order valence-corrected chi connectivity index (χ2v) is 8.84. The number of aliphatic imine (C=N–C) groups is 1. The van der Waals surface area contributed by atoms with E-state index in [1.54, 1.807) is 24.3 Å². The Morgan fingerprint density at radius 1 is 0.946 bits per heavy atom. The summed E-state index contributed by atoms with van der Waals surface area (Å²) in [6, 6.07) is 28.5. The van der Waals surface area contributed by atoms with Gasteiger partial charge in [-0.05, 0) is 36.4 Å². The fraction of sp³-hybridized carbons (Fsp3) is 0.250. The highest BCUT2D eigenvalue weighted by atomic mass is 16.6. The Hall–Kier alpha value is -4.37. The first kappa shape index (κ1) is 24.3. The number of anilines is 3. The van der Waals surface area contributed by atoms with Crippen molar-refractivity contribution in [1.29, 1.82) is 5.41 Å². The first-order valence-electron chi connectivity index (χ1n) is 12.4.